The fraction of sp³-hybridized carbons (Fsp3) is 0.833. The summed E-state index contributed by atoms with van der Waals surface area (Å²) in [6.07, 6.45) is 19.4. The predicted octanol–water partition coefficient (Wildman–Crippen LogP) is 2.46. The smallest absolute Gasteiger partial charge is 0.234 e. The molecule has 0 bridgehead atoms. The minimum Gasteiger partial charge on any atom is -0.234 e. The minimum absolute atomic E-state index is 0.0212. The molecule has 0 aliphatic carbocycles. The van der Waals surface area contributed by atoms with E-state index < -0.39 is 16.2 Å². The van der Waals surface area contributed by atoms with Crippen LogP contribution in [-0.4, -0.2) is 5.97 Å². The monoisotopic (exact) mass is 364 g/mol. The number of carbonyl (C=O) groups is 1. The van der Waals surface area contributed by atoms with Crippen LogP contribution in [0.25, 0.3) is 0 Å². The topological polar surface area (TPSA) is 95.5 Å². The lowest BCUT2D eigenvalue weighted by Gasteiger charge is -2.10. The predicted molar refractivity (Wildman–Crippen MR) is 85.5 cm³/mol. The van der Waals surface area contributed by atoms with Crippen LogP contribution in [0, 0.1) is 10.2 Å². The van der Waals surface area contributed by atoms with Gasteiger partial charge in [0.1, 0.15) is 10.2 Å². The maximum absolute atomic E-state index is 11.0. The van der Waals surface area contributed by atoms with E-state index in [-0.39, 0.29) is 6.42 Å². The molecule has 0 atom stereocenters. The maximum Gasteiger partial charge on any atom is 0.463 e. The summed E-state index contributed by atoms with van der Waals surface area (Å²) in [6.45, 7) is 2.23. The van der Waals surface area contributed by atoms with Crippen molar-refractivity contribution in [3.05, 3.63) is 12.2 Å². The Hall–Kier alpha value is -0.620. The number of carbonyl (C=O) groups excluding carboxylic acids is 1. The van der Waals surface area contributed by atoms with E-state index in [0.717, 1.165) is 32.1 Å². The molecule has 0 spiro atoms. The highest BCUT2D eigenvalue weighted by atomic mass is 35.7. The highest BCUT2D eigenvalue weighted by Gasteiger charge is 2.24. The van der Waals surface area contributed by atoms with Gasteiger partial charge in [-0.15, -0.1) is 0 Å². The maximum atomic E-state index is 11.0. The summed E-state index contributed by atoms with van der Waals surface area (Å²) in [5.41, 5.74) is 0. The van der Waals surface area contributed by atoms with Crippen molar-refractivity contribution in [3.8, 4) is 0 Å². The highest BCUT2D eigenvalue weighted by Crippen LogP contribution is 2.10. The van der Waals surface area contributed by atoms with Crippen molar-refractivity contribution in [1.82, 2.24) is 0 Å². The van der Waals surface area contributed by atoms with Gasteiger partial charge in [-0.2, -0.15) is 14.0 Å². The number of allylic oxidation sites excluding steroid dienone is 2. The number of rotatable bonds is 16. The van der Waals surface area contributed by atoms with Crippen molar-refractivity contribution < 1.29 is 33.3 Å². The number of halogens is 1. The molecule has 0 amide bonds. The van der Waals surface area contributed by atoms with E-state index in [1.54, 1.807) is 0 Å². The summed E-state index contributed by atoms with van der Waals surface area (Å²) in [5, 5.41) is 0. The van der Waals surface area contributed by atoms with Gasteiger partial charge in [-0.1, -0.05) is 70.4 Å². The van der Waals surface area contributed by atoms with Gasteiger partial charge < -0.3 is 0 Å². The molecule has 0 aromatic carbocycles. The lowest BCUT2D eigenvalue weighted by atomic mass is 10.1. The van der Waals surface area contributed by atoms with Crippen LogP contribution in [0.3, 0.4) is 0 Å². The Balaban J connectivity index is 3.25. The summed E-state index contributed by atoms with van der Waals surface area (Å²) in [6, 6.07) is 0. The highest BCUT2D eigenvalue weighted by molar-refractivity contribution is 5.68. The Morgan fingerprint density at radius 2 is 1.25 bits per heavy atom. The Kier molecular flexibility index (Phi) is 15.5. The molecule has 0 aromatic rings. The SMILES string of the molecule is CCCCCCCCC=CCCCCCCCC(=O)O[Cl+3]([O-])([O-])[O-]. The first-order valence-electron chi connectivity index (χ1n) is 9.24. The lowest BCUT2D eigenvalue weighted by Crippen LogP contribution is -2.61. The van der Waals surface area contributed by atoms with Crippen LogP contribution in [0.15, 0.2) is 12.2 Å². The Bertz CT molecular complexity index is 326. The molecule has 0 N–H and O–H groups in total. The third kappa shape index (κ3) is 19.4. The van der Waals surface area contributed by atoms with Gasteiger partial charge in [-0.25, -0.2) is 4.79 Å². The van der Waals surface area contributed by atoms with Crippen LogP contribution < -0.4 is 14.0 Å². The second-order valence-electron chi connectivity index (χ2n) is 6.16. The van der Waals surface area contributed by atoms with E-state index in [2.05, 4.69) is 23.4 Å². The van der Waals surface area contributed by atoms with Gasteiger partial charge in [0, 0.05) is 0 Å². The molecule has 142 valence electrons. The summed E-state index contributed by atoms with van der Waals surface area (Å²) in [7, 11) is -4.63. The Morgan fingerprint density at radius 3 is 1.75 bits per heavy atom. The summed E-state index contributed by atoms with van der Waals surface area (Å²) < 4.78 is 34.2. The third-order valence-corrected chi connectivity index (χ3v) is 4.18. The molecular weight excluding hydrogens is 332 g/mol. The zero-order valence-electron chi connectivity index (χ0n) is 15.0. The third-order valence-electron chi connectivity index (χ3n) is 3.82. The minimum atomic E-state index is -4.63. The summed E-state index contributed by atoms with van der Waals surface area (Å²) >= 11 is 0. The van der Waals surface area contributed by atoms with Crippen molar-refractivity contribution >= 4 is 5.97 Å². The first kappa shape index (κ1) is 23.4. The van der Waals surface area contributed by atoms with Gasteiger partial charge >= 0.3 is 5.97 Å². The molecule has 0 unspecified atom stereocenters. The fourth-order valence-corrected chi connectivity index (χ4v) is 2.77. The molecule has 6 heteroatoms. The largest absolute Gasteiger partial charge is 0.463 e. The van der Waals surface area contributed by atoms with Crippen molar-refractivity contribution in [1.29, 1.82) is 0 Å². The Labute approximate surface area is 148 Å². The average molecular weight is 365 g/mol. The van der Waals surface area contributed by atoms with Crippen LogP contribution in [-0.2, 0) is 9.08 Å². The molecule has 0 heterocycles. The fourth-order valence-electron chi connectivity index (χ4n) is 2.48. The van der Waals surface area contributed by atoms with Gasteiger partial charge in [0.2, 0.25) is 0 Å². The molecule has 0 aromatic heterocycles. The molecule has 0 radical (unpaired) electrons. The number of unbranched alkanes of at least 4 members (excludes halogenated alkanes) is 11. The van der Waals surface area contributed by atoms with Gasteiger partial charge in [0.15, 0.2) is 0 Å². The molecule has 0 rings (SSSR count). The first-order valence-corrected chi connectivity index (χ1v) is 10.5. The molecule has 0 fully saturated rings. The molecule has 5 nitrogen and oxygen atoms in total. The summed E-state index contributed by atoms with van der Waals surface area (Å²) in [5.74, 6) is -0.968. The summed E-state index contributed by atoms with van der Waals surface area (Å²) in [4.78, 5) is 11.0. The second kappa shape index (κ2) is 15.9. The van der Waals surface area contributed by atoms with Crippen LogP contribution in [0.2, 0.25) is 0 Å². The van der Waals surface area contributed by atoms with Gasteiger partial charge in [-0.3, -0.25) is 0 Å². The van der Waals surface area contributed by atoms with Crippen molar-refractivity contribution in [3.63, 3.8) is 0 Å². The molecule has 0 saturated carbocycles. The van der Waals surface area contributed by atoms with Crippen molar-refractivity contribution in [2.75, 3.05) is 0 Å². The zero-order valence-corrected chi connectivity index (χ0v) is 15.7. The standard InChI is InChI=1S/C18H33ClO5/c1-2-3-4-5-6-7-8-9-10-11-12-13-14-15-16-17-18(20)24-19(21,22)23/h9-10H,2-8,11-17H2,1H3. The Morgan fingerprint density at radius 1 is 0.792 bits per heavy atom. The molecule has 0 aliphatic rings. The van der Waals surface area contributed by atoms with Crippen LogP contribution in [0.4, 0.5) is 0 Å². The average Bonchev–Trinajstić information content (AvgIpc) is 2.49. The molecule has 0 saturated heterocycles. The van der Waals surface area contributed by atoms with Gasteiger partial charge in [0.25, 0.3) is 0 Å². The number of hydrogen-bond donors (Lipinski definition) is 0. The molecule has 0 aliphatic heterocycles. The van der Waals surface area contributed by atoms with E-state index in [1.807, 2.05) is 0 Å². The van der Waals surface area contributed by atoms with Crippen LogP contribution in [0.5, 0.6) is 0 Å². The lowest BCUT2D eigenvalue weighted by molar-refractivity contribution is -1.92. The zero-order chi connectivity index (χ0) is 18.1. The van der Waals surface area contributed by atoms with E-state index in [1.165, 1.54) is 44.9 Å². The molecular formula is C18H33ClO5. The first-order chi connectivity index (χ1) is 11.5. The normalized spacial score (nSPS) is 12.0. The van der Waals surface area contributed by atoms with E-state index in [4.69, 9.17) is 0 Å². The van der Waals surface area contributed by atoms with Gasteiger partial charge in [-0.05, 0) is 36.4 Å². The van der Waals surface area contributed by atoms with Crippen LogP contribution >= 0.6 is 0 Å². The number of hydrogen-bond acceptors (Lipinski definition) is 5. The molecule has 24 heavy (non-hydrogen) atoms. The van der Waals surface area contributed by atoms with Crippen molar-refractivity contribution in [2.45, 2.75) is 96.8 Å². The van der Waals surface area contributed by atoms with Gasteiger partial charge in [0.05, 0.1) is 6.42 Å². The van der Waals surface area contributed by atoms with Crippen LogP contribution in [0.1, 0.15) is 96.8 Å². The second-order valence-corrected chi connectivity index (χ2v) is 7.07. The van der Waals surface area contributed by atoms with E-state index in [0.29, 0.717) is 6.42 Å². The quantitative estimate of drug-likeness (QED) is 0.309. The van der Waals surface area contributed by atoms with Crippen molar-refractivity contribution in [2.24, 2.45) is 0 Å². The van der Waals surface area contributed by atoms with E-state index in [9.17, 15) is 18.8 Å². The van der Waals surface area contributed by atoms with E-state index >= 15 is 0 Å².